The second-order valence-corrected chi connectivity index (χ2v) is 7.72. The second kappa shape index (κ2) is 7.60. The number of hydrogen-bond donors (Lipinski definition) is 0. The molecule has 2 aromatic heterocycles. The molecule has 2 aliphatic rings. The maximum absolute atomic E-state index is 12.8. The van der Waals surface area contributed by atoms with E-state index in [-0.39, 0.29) is 5.92 Å². The Labute approximate surface area is 155 Å². The summed E-state index contributed by atoms with van der Waals surface area (Å²) in [5.74, 6) is 1.70. The van der Waals surface area contributed by atoms with E-state index in [1.807, 2.05) is 30.7 Å². The van der Waals surface area contributed by atoms with E-state index >= 15 is 0 Å². The third kappa shape index (κ3) is 3.39. The molecule has 4 rings (SSSR count). The highest BCUT2D eigenvalue weighted by molar-refractivity contribution is 5.79. The summed E-state index contributed by atoms with van der Waals surface area (Å²) in [7, 11) is 0. The first kappa shape index (κ1) is 17.3. The van der Waals surface area contributed by atoms with E-state index in [0.29, 0.717) is 11.9 Å². The Hall–Kier alpha value is -2.17. The number of amides is 1. The lowest BCUT2D eigenvalue weighted by atomic mass is 9.87. The molecule has 5 heteroatoms. The van der Waals surface area contributed by atoms with Crippen LogP contribution in [0.5, 0.6) is 0 Å². The minimum absolute atomic E-state index is 0.280. The number of likely N-dealkylation sites (tertiary alicyclic amines) is 1. The molecule has 1 aliphatic carbocycles. The van der Waals surface area contributed by atoms with E-state index in [9.17, 15) is 4.79 Å². The molecule has 0 radical (unpaired) electrons. The van der Waals surface area contributed by atoms with Crippen LogP contribution in [0.15, 0.2) is 30.7 Å². The molecule has 26 heavy (non-hydrogen) atoms. The van der Waals surface area contributed by atoms with E-state index < -0.39 is 0 Å². The maximum Gasteiger partial charge on any atom is 0.225 e. The number of rotatable bonds is 3. The number of imidazole rings is 1. The molecule has 0 spiro atoms. The Morgan fingerprint density at radius 2 is 1.73 bits per heavy atom. The van der Waals surface area contributed by atoms with Crippen molar-refractivity contribution in [1.29, 1.82) is 0 Å². The van der Waals surface area contributed by atoms with Crippen molar-refractivity contribution in [2.45, 2.75) is 57.9 Å². The highest BCUT2D eigenvalue weighted by Crippen LogP contribution is 2.32. The number of piperidine rings is 1. The number of aromatic nitrogens is 3. The van der Waals surface area contributed by atoms with Crippen LogP contribution in [-0.4, -0.2) is 38.4 Å². The highest BCUT2D eigenvalue weighted by atomic mass is 16.2. The van der Waals surface area contributed by atoms with Crippen molar-refractivity contribution in [3.8, 4) is 11.4 Å². The number of carbonyl (C=O) groups excluding carboxylic acids is 1. The Kier molecular flexibility index (Phi) is 5.05. The number of carbonyl (C=O) groups is 1. The number of hydrogen-bond acceptors (Lipinski definition) is 3. The van der Waals surface area contributed by atoms with Crippen LogP contribution < -0.4 is 0 Å². The number of nitrogens with zero attached hydrogens (tertiary/aromatic N) is 4. The zero-order valence-corrected chi connectivity index (χ0v) is 15.6. The monoisotopic (exact) mass is 352 g/mol. The quantitative estimate of drug-likeness (QED) is 0.839. The molecule has 0 unspecified atom stereocenters. The third-order valence-corrected chi connectivity index (χ3v) is 6.02. The van der Waals surface area contributed by atoms with E-state index in [2.05, 4.69) is 26.4 Å². The molecule has 138 valence electrons. The molecule has 0 bridgehead atoms. The van der Waals surface area contributed by atoms with Crippen molar-refractivity contribution < 1.29 is 4.79 Å². The average molecular weight is 352 g/mol. The van der Waals surface area contributed by atoms with Crippen molar-refractivity contribution in [3.63, 3.8) is 0 Å². The van der Waals surface area contributed by atoms with Crippen molar-refractivity contribution >= 4 is 5.91 Å². The second-order valence-electron chi connectivity index (χ2n) is 7.72. The summed E-state index contributed by atoms with van der Waals surface area (Å²) >= 11 is 0. The summed E-state index contributed by atoms with van der Waals surface area (Å²) in [6.07, 6.45) is 13.5. The van der Waals surface area contributed by atoms with Crippen LogP contribution in [0.4, 0.5) is 0 Å². The van der Waals surface area contributed by atoms with Gasteiger partial charge in [0, 0.05) is 54.9 Å². The summed E-state index contributed by atoms with van der Waals surface area (Å²) in [5.41, 5.74) is 2.29. The maximum atomic E-state index is 12.8. The lowest BCUT2D eigenvalue weighted by molar-refractivity contribution is -0.137. The normalized spacial score (nSPS) is 19.7. The van der Waals surface area contributed by atoms with E-state index in [1.165, 1.54) is 25.0 Å². The van der Waals surface area contributed by atoms with Gasteiger partial charge in [-0.25, -0.2) is 4.98 Å². The lowest BCUT2D eigenvalue weighted by Gasteiger charge is -2.36. The lowest BCUT2D eigenvalue weighted by Crippen LogP contribution is -2.42. The Morgan fingerprint density at radius 3 is 2.42 bits per heavy atom. The van der Waals surface area contributed by atoms with Gasteiger partial charge in [0.05, 0.1) is 0 Å². The number of pyridine rings is 1. The standard InChI is InChI=1S/C21H28N4O/c1-16-15-23-20(17-7-11-22-12-8-17)25(16)19-9-13-24(14-10-19)21(26)18-5-3-2-4-6-18/h7-8,11-12,15,18-19H,2-6,9-10,13-14H2,1H3. The summed E-state index contributed by atoms with van der Waals surface area (Å²) in [5, 5.41) is 0. The zero-order valence-electron chi connectivity index (χ0n) is 15.6. The molecule has 1 aliphatic heterocycles. The summed E-state index contributed by atoms with van der Waals surface area (Å²) in [6, 6.07) is 4.44. The summed E-state index contributed by atoms with van der Waals surface area (Å²) in [4.78, 5) is 23.7. The fraction of sp³-hybridized carbons (Fsp3) is 0.571. The van der Waals surface area contributed by atoms with Gasteiger partial charge in [-0.3, -0.25) is 9.78 Å². The molecule has 2 fully saturated rings. The van der Waals surface area contributed by atoms with Crippen LogP contribution in [0.25, 0.3) is 11.4 Å². The van der Waals surface area contributed by atoms with Gasteiger partial charge in [-0.15, -0.1) is 0 Å². The molecule has 0 atom stereocenters. The van der Waals surface area contributed by atoms with Gasteiger partial charge in [0.1, 0.15) is 5.82 Å². The van der Waals surface area contributed by atoms with E-state index in [0.717, 1.165) is 50.2 Å². The first-order valence-corrected chi connectivity index (χ1v) is 9.97. The average Bonchev–Trinajstić information content (AvgIpc) is 3.10. The van der Waals surface area contributed by atoms with Gasteiger partial charge in [0.2, 0.25) is 5.91 Å². The summed E-state index contributed by atoms with van der Waals surface area (Å²) < 4.78 is 2.36. The SMILES string of the molecule is Cc1cnc(-c2ccncc2)n1C1CCN(C(=O)C2CCCCC2)CC1. The van der Waals surface area contributed by atoms with Crippen LogP contribution >= 0.6 is 0 Å². The third-order valence-electron chi connectivity index (χ3n) is 6.02. The minimum atomic E-state index is 0.280. The molecule has 5 nitrogen and oxygen atoms in total. The van der Waals surface area contributed by atoms with Gasteiger partial charge < -0.3 is 9.47 Å². The van der Waals surface area contributed by atoms with Crippen LogP contribution in [0, 0.1) is 12.8 Å². The number of aryl methyl sites for hydroxylation is 1. The molecule has 1 amide bonds. The van der Waals surface area contributed by atoms with Crippen molar-refractivity contribution in [2.24, 2.45) is 5.92 Å². The highest BCUT2D eigenvalue weighted by Gasteiger charge is 2.30. The molecule has 3 heterocycles. The van der Waals surface area contributed by atoms with Gasteiger partial charge in [-0.2, -0.15) is 0 Å². The molecule has 0 aromatic carbocycles. The van der Waals surface area contributed by atoms with Gasteiger partial charge in [-0.1, -0.05) is 19.3 Å². The van der Waals surface area contributed by atoms with Crippen molar-refractivity contribution in [1.82, 2.24) is 19.4 Å². The van der Waals surface area contributed by atoms with Crippen LogP contribution in [0.3, 0.4) is 0 Å². The van der Waals surface area contributed by atoms with Gasteiger partial charge in [-0.05, 0) is 44.7 Å². The van der Waals surface area contributed by atoms with Crippen LogP contribution in [-0.2, 0) is 4.79 Å². The van der Waals surface area contributed by atoms with E-state index in [4.69, 9.17) is 0 Å². The van der Waals surface area contributed by atoms with Crippen molar-refractivity contribution in [2.75, 3.05) is 13.1 Å². The first-order chi connectivity index (χ1) is 12.7. The minimum Gasteiger partial charge on any atom is -0.342 e. The Balaban J connectivity index is 1.45. The van der Waals surface area contributed by atoms with E-state index in [1.54, 1.807) is 0 Å². The van der Waals surface area contributed by atoms with Gasteiger partial charge in [0.25, 0.3) is 0 Å². The van der Waals surface area contributed by atoms with Crippen LogP contribution in [0.2, 0.25) is 0 Å². The Morgan fingerprint density at radius 1 is 1.04 bits per heavy atom. The molecular weight excluding hydrogens is 324 g/mol. The fourth-order valence-electron chi connectivity index (χ4n) is 4.57. The molecular formula is C21H28N4O. The van der Waals surface area contributed by atoms with Crippen LogP contribution in [0.1, 0.15) is 56.7 Å². The molecule has 1 saturated carbocycles. The zero-order chi connectivity index (χ0) is 17.9. The van der Waals surface area contributed by atoms with Gasteiger partial charge in [0.15, 0.2) is 0 Å². The molecule has 1 saturated heterocycles. The first-order valence-electron chi connectivity index (χ1n) is 9.97. The topological polar surface area (TPSA) is 51.0 Å². The summed E-state index contributed by atoms with van der Waals surface area (Å²) in [6.45, 7) is 3.86. The predicted octanol–water partition coefficient (Wildman–Crippen LogP) is 4.00. The Bertz CT molecular complexity index is 741. The van der Waals surface area contributed by atoms with Crippen molar-refractivity contribution in [3.05, 3.63) is 36.4 Å². The predicted molar refractivity (Wildman–Crippen MR) is 102 cm³/mol. The van der Waals surface area contributed by atoms with Gasteiger partial charge >= 0.3 is 0 Å². The smallest absolute Gasteiger partial charge is 0.225 e. The largest absolute Gasteiger partial charge is 0.342 e. The fourth-order valence-corrected chi connectivity index (χ4v) is 4.57. The molecule has 0 N–H and O–H groups in total. The molecule has 2 aromatic rings.